The average Bonchev–Trinajstić information content (AvgIpc) is 3.01. The molecule has 1 heterocycles. The van der Waals surface area contributed by atoms with Gasteiger partial charge in [-0.15, -0.1) is 0 Å². The molecule has 0 bridgehead atoms. The van der Waals surface area contributed by atoms with E-state index in [9.17, 15) is 4.79 Å². The van der Waals surface area contributed by atoms with Gasteiger partial charge >= 0.3 is 0 Å². The van der Waals surface area contributed by atoms with Crippen molar-refractivity contribution in [3.63, 3.8) is 0 Å². The van der Waals surface area contributed by atoms with Crippen LogP contribution in [0.25, 0.3) is 11.3 Å². The van der Waals surface area contributed by atoms with E-state index in [-0.39, 0.29) is 19.1 Å². The Labute approximate surface area is 133 Å². The molecular formula is C15H18ClN3O3. The molecule has 2 rings (SSSR count). The van der Waals surface area contributed by atoms with Crippen molar-refractivity contribution >= 4 is 17.5 Å². The Kier molecular flexibility index (Phi) is 5.94. The van der Waals surface area contributed by atoms with Crippen molar-refractivity contribution in [1.82, 2.24) is 15.1 Å². The molecule has 0 unspecified atom stereocenters. The molecule has 0 fully saturated rings. The maximum Gasteiger partial charge on any atom is 0.272 e. The fraction of sp³-hybridized carbons (Fsp3) is 0.333. The number of rotatable bonds is 7. The van der Waals surface area contributed by atoms with Crippen LogP contribution in [-0.4, -0.2) is 59.5 Å². The van der Waals surface area contributed by atoms with Crippen molar-refractivity contribution in [2.75, 3.05) is 33.4 Å². The fourth-order valence-corrected chi connectivity index (χ4v) is 2.28. The molecular weight excluding hydrogens is 306 g/mol. The van der Waals surface area contributed by atoms with Crippen LogP contribution in [0, 0.1) is 0 Å². The van der Waals surface area contributed by atoms with Gasteiger partial charge in [-0.3, -0.25) is 9.89 Å². The molecule has 2 aromatic rings. The molecule has 7 heteroatoms. The second-order valence-electron chi connectivity index (χ2n) is 4.66. The number of aromatic nitrogens is 2. The Hall–Kier alpha value is -1.89. The predicted octanol–water partition coefficient (Wildman–Crippen LogP) is 1.81. The highest BCUT2D eigenvalue weighted by Crippen LogP contribution is 2.26. The number of methoxy groups -OCH3 is 1. The summed E-state index contributed by atoms with van der Waals surface area (Å²) in [5.41, 5.74) is 1.70. The Balaban J connectivity index is 2.19. The van der Waals surface area contributed by atoms with Gasteiger partial charge in [-0.25, -0.2) is 0 Å². The minimum absolute atomic E-state index is 0.110. The van der Waals surface area contributed by atoms with Crippen LogP contribution in [0.2, 0.25) is 5.02 Å². The summed E-state index contributed by atoms with van der Waals surface area (Å²) < 4.78 is 4.98. The normalized spacial score (nSPS) is 10.7. The second kappa shape index (κ2) is 7.93. The number of benzene rings is 1. The van der Waals surface area contributed by atoms with Gasteiger partial charge in [0.15, 0.2) is 0 Å². The highest BCUT2D eigenvalue weighted by Gasteiger charge is 2.18. The van der Waals surface area contributed by atoms with E-state index in [0.717, 1.165) is 5.56 Å². The van der Waals surface area contributed by atoms with Crippen LogP contribution in [-0.2, 0) is 4.74 Å². The number of nitrogens with one attached hydrogen (secondary N) is 1. The third-order valence-electron chi connectivity index (χ3n) is 3.18. The number of amides is 1. The number of nitrogens with zero attached hydrogens (tertiary/aromatic N) is 2. The van der Waals surface area contributed by atoms with Crippen molar-refractivity contribution in [3.8, 4) is 11.3 Å². The molecule has 0 spiro atoms. The topological polar surface area (TPSA) is 78.5 Å². The number of hydrogen-bond acceptors (Lipinski definition) is 4. The average molecular weight is 324 g/mol. The molecule has 22 heavy (non-hydrogen) atoms. The van der Waals surface area contributed by atoms with Crippen molar-refractivity contribution in [1.29, 1.82) is 0 Å². The number of ether oxygens (including phenoxy) is 1. The molecule has 6 nitrogen and oxygen atoms in total. The minimum atomic E-state index is -0.239. The molecule has 1 aromatic carbocycles. The monoisotopic (exact) mass is 323 g/mol. The summed E-state index contributed by atoms with van der Waals surface area (Å²) in [7, 11) is 1.56. The van der Waals surface area contributed by atoms with Gasteiger partial charge in [0.05, 0.1) is 23.9 Å². The first kappa shape index (κ1) is 16.5. The van der Waals surface area contributed by atoms with E-state index < -0.39 is 0 Å². The number of carbonyl (C=O) groups excluding carboxylic acids is 1. The van der Waals surface area contributed by atoms with E-state index in [4.69, 9.17) is 21.4 Å². The van der Waals surface area contributed by atoms with E-state index >= 15 is 0 Å². The Bertz CT molecular complexity index is 630. The lowest BCUT2D eigenvalue weighted by Crippen LogP contribution is -2.36. The summed E-state index contributed by atoms with van der Waals surface area (Å²) in [6.45, 7) is 0.928. The van der Waals surface area contributed by atoms with Crippen LogP contribution in [0.3, 0.4) is 0 Å². The summed E-state index contributed by atoms with van der Waals surface area (Å²) in [6, 6.07) is 8.94. The van der Waals surface area contributed by atoms with Crippen LogP contribution in [0.15, 0.2) is 30.3 Å². The van der Waals surface area contributed by atoms with Crippen LogP contribution in [0.5, 0.6) is 0 Å². The molecule has 0 aliphatic rings. The van der Waals surface area contributed by atoms with E-state index in [2.05, 4.69) is 10.2 Å². The van der Waals surface area contributed by atoms with Crippen molar-refractivity contribution < 1.29 is 14.6 Å². The lowest BCUT2D eigenvalue weighted by atomic mass is 10.1. The summed E-state index contributed by atoms with van der Waals surface area (Å²) in [6.07, 6.45) is 0. The van der Waals surface area contributed by atoms with Crippen molar-refractivity contribution in [3.05, 3.63) is 41.0 Å². The molecule has 0 saturated carbocycles. The second-order valence-corrected chi connectivity index (χ2v) is 5.06. The molecule has 0 atom stereocenters. The number of halogens is 1. The predicted molar refractivity (Wildman–Crippen MR) is 83.9 cm³/mol. The quantitative estimate of drug-likeness (QED) is 0.814. The summed E-state index contributed by atoms with van der Waals surface area (Å²) >= 11 is 6.13. The molecule has 2 N–H and O–H groups in total. The van der Waals surface area contributed by atoms with Gasteiger partial charge in [0.2, 0.25) is 0 Å². The number of aliphatic hydroxyl groups is 1. The number of aromatic amines is 1. The van der Waals surface area contributed by atoms with E-state index in [0.29, 0.717) is 29.6 Å². The van der Waals surface area contributed by atoms with E-state index in [1.165, 1.54) is 4.90 Å². The SMILES string of the molecule is COCCN(CCO)C(=O)c1cc(-c2ccccc2Cl)n[nH]1. The molecule has 0 aliphatic heterocycles. The third kappa shape index (κ3) is 3.85. The van der Waals surface area contributed by atoms with Gasteiger partial charge in [-0.2, -0.15) is 5.10 Å². The highest BCUT2D eigenvalue weighted by molar-refractivity contribution is 6.33. The summed E-state index contributed by atoms with van der Waals surface area (Å²) in [4.78, 5) is 13.9. The maximum absolute atomic E-state index is 12.4. The molecule has 0 aliphatic carbocycles. The third-order valence-corrected chi connectivity index (χ3v) is 3.51. The number of aliphatic hydroxyl groups excluding tert-OH is 1. The summed E-state index contributed by atoms with van der Waals surface area (Å²) in [5, 5.41) is 16.5. The van der Waals surface area contributed by atoms with Gasteiger partial charge in [0, 0.05) is 25.8 Å². The van der Waals surface area contributed by atoms with Gasteiger partial charge in [0.1, 0.15) is 5.69 Å². The molecule has 118 valence electrons. The van der Waals surface area contributed by atoms with Crippen LogP contribution in [0.1, 0.15) is 10.5 Å². The molecule has 0 saturated heterocycles. The summed E-state index contributed by atoms with van der Waals surface area (Å²) in [5.74, 6) is -0.239. The van der Waals surface area contributed by atoms with Crippen LogP contribution >= 0.6 is 11.6 Å². The van der Waals surface area contributed by atoms with Crippen molar-refractivity contribution in [2.45, 2.75) is 0 Å². The first-order valence-corrected chi connectivity index (χ1v) is 7.24. The molecule has 1 amide bonds. The Morgan fingerprint density at radius 2 is 2.18 bits per heavy atom. The smallest absolute Gasteiger partial charge is 0.272 e. The zero-order valence-corrected chi connectivity index (χ0v) is 13.0. The lowest BCUT2D eigenvalue weighted by Gasteiger charge is -2.20. The zero-order chi connectivity index (χ0) is 15.9. The lowest BCUT2D eigenvalue weighted by molar-refractivity contribution is 0.0651. The maximum atomic E-state index is 12.4. The molecule has 1 aromatic heterocycles. The van der Waals surface area contributed by atoms with Crippen molar-refractivity contribution in [2.24, 2.45) is 0 Å². The zero-order valence-electron chi connectivity index (χ0n) is 12.3. The van der Waals surface area contributed by atoms with E-state index in [1.807, 2.05) is 18.2 Å². The number of H-pyrrole nitrogens is 1. The number of hydrogen-bond donors (Lipinski definition) is 2. The van der Waals surface area contributed by atoms with E-state index in [1.54, 1.807) is 19.2 Å². The number of carbonyl (C=O) groups is 1. The largest absolute Gasteiger partial charge is 0.395 e. The highest BCUT2D eigenvalue weighted by atomic mass is 35.5. The minimum Gasteiger partial charge on any atom is -0.395 e. The van der Waals surface area contributed by atoms with Gasteiger partial charge in [-0.05, 0) is 12.1 Å². The van der Waals surface area contributed by atoms with Gasteiger partial charge < -0.3 is 14.7 Å². The van der Waals surface area contributed by atoms with Gasteiger partial charge in [-0.1, -0.05) is 29.8 Å². The first-order valence-electron chi connectivity index (χ1n) is 6.86. The van der Waals surface area contributed by atoms with Gasteiger partial charge in [0.25, 0.3) is 5.91 Å². The standard InChI is InChI=1S/C15H18ClN3O3/c1-22-9-7-19(6-8-20)15(21)14-10-13(17-18-14)11-4-2-3-5-12(11)16/h2-5,10,20H,6-9H2,1H3,(H,17,18). The molecule has 0 radical (unpaired) electrons. The first-order chi connectivity index (χ1) is 10.7. The fourth-order valence-electron chi connectivity index (χ4n) is 2.05. The Morgan fingerprint density at radius 1 is 1.41 bits per heavy atom. The van der Waals surface area contributed by atoms with Crippen LogP contribution < -0.4 is 0 Å². The van der Waals surface area contributed by atoms with Crippen LogP contribution in [0.4, 0.5) is 0 Å². The Morgan fingerprint density at radius 3 is 2.86 bits per heavy atom.